The Labute approximate surface area is 180 Å². The van der Waals surface area contributed by atoms with Crippen LogP contribution in [0.2, 0.25) is 19.6 Å². The smallest absolute Gasteiger partial charge is 0.185 e. The van der Waals surface area contributed by atoms with Gasteiger partial charge < -0.3 is 4.43 Å². The van der Waals surface area contributed by atoms with Gasteiger partial charge in [-0.3, -0.25) is 0 Å². The van der Waals surface area contributed by atoms with Gasteiger partial charge in [-0.2, -0.15) is 0 Å². The van der Waals surface area contributed by atoms with Crippen molar-refractivity contribution in [3.05, 3.63) is 71.6 Å². The van der Waals surface area contributed by atoms with E-state index in [1.807, 2.05) is 37.3 Å². The number of rotatable bonds is 6. The van der Waals surface area contributed by atoms with Crippen LogP contribution in [0.5, 0.6) is 0 Å². The molecule has 0 amide bonds. The second-order valence-electron chi connectivity index (χ2n) is 8.54. The normalized spacial score (nSPS) is 23.3. The lowest BCUT2D eigenvalue weighted by Gasteiger charge is -2.32. The summed E-state index contributed by atoms with van der Waals surface area (Å²) in [6.45, 7) is 8.53. The summed E-state index contributed by atoms with van der Waals surface area (Å²) in [6, 6.07) is 19.0. The van der Waals surface area contributed by atoms with E-state index in [0.717, 1.165) is 22.6 Å². The van der Waals surface area contributed by atoms with E-state index in [1.54, 1.807) is 36.0 Å². The maximum atomic E-state index is 13.6. The molecular weight excluding hydrogens is 416 g/mol. The van der Waals surface area contributed by atoms with Gasteiger partial charge in [-0.25, -0.2) is 8.42 Å². The van der Waals surface area contributed by atoms with Gasteiger partial charge in [0.2, 0.25) is 0 Å². The highest BCUT2D eigenvalue weighted by Crippen LogP contribution is 2.39. The molecule has 3 atom stereocenters. The molecule has 3 nitrogen and oxygen atoms in total. The van der Waals surface area contributed by atoms with Crippen molar-refractivity contribution in [2.45, 2.75) is 60.6 Å². The van der Waals surface area contributed by atoms with Crippen molar-refractivity contribution in [2.75, 3.05) is 0 Å². The van der Waals surface area contributed by atoms with Crippen LogP contribution in [0.25, 0.3) is 0 Å². The summed E-state index contributed by atoms with van der Waals surface area (Å²) in [5.74, 6) is -0.110. The third-order valence-electron chi connectivity index (χ3n) is 5.06. The first-order valence-electron chi connectivity index (χ1n) is 10.1. The lowest BCUT2D eigenvalue weighted by Crippen LogP contribution is -2.40. The van der Waals surface area contributed by atoms with Gasteiger partial charge in [-0.1, -0.05) is 61.2 Å². The average molecular weight is 447 g/mol. The van der Waals surface area contributed by atoms with Crippen LogP contribution in [-0.2, 0) is 14.3 Å². The molecule has 0 saturated carbocycles. The summed E-state index contributed by atoms with van der Waals surface area (Å²) in [7, 11) is -5.30. The van der Waals surface area contributed by atoms with Gasteiger partial charge in [0.15, 0.2) is 18.2 Å². The number of thioether (sulfide) groups is 1. The fraction of sp³-hybridized carbons (Fsp3) is 0.391. The molecule has 156 valence electrons. The van der Waals surface area contributed by atoms with Crippen molar-refractivity contribution in [1.29, 1.82) is 0 Å². The van der Waals surface area contributed by atoms with E-state index in [4.69, 9.17) is 4.43 Å². The van der Waals surface area contributed by atoms with E-state index in [9.17, 15) is 8.42 Å². The molecule has 0 spiro atoms. The van der Waals surface area contributed by atoms with Crippen LogP contribution >= 0.6 is 11.8 Å². The molecule has 0 saturated heterocycles. The predicted molar refractivity (Wildman–Crippen MR) is 124 cm³/mol. The summed E-state index contributed by atoms with van der Waals surface area (Å²) >= 11 is 1.67. The third kappa shape index (κ3) is 5.84. The minimum Gasteiger partial charge on any atom is -0.414 e. The Balaban J connectivity index is 1.99. The highest BCUT2D eigenvalue weighted by atomic mass is 32.2. The predicted octanol–water partition coefficient (Wildman–Crippen LogP) is 6.16. The molecule has 2 aromatic carbocycles. The standard InChI is InChI=1S/C23H30O3S2Si/c1-18-22(26-29(2,3)4)16-15-20(27-19-11-7-5-8-12-19)17-23(18)28(24,25)21-13-9-6-10-14-21/h5-14,17-18,22-23H,15-16H2,1-4H3/t18-,22-,23+/m1/s1. The van der Waals surface area contributed by atoms with Gasteiger partial charge >= 0.3 is 0 Å². The fourth-order valence-electron chi connectivity index (χ4n) is 3.66. The molecule has 1 aliphatic carbocycles. The highest BCUT2D eigenvalue weighted by Gasteiger charge is 2.39. The van der Waals surface area contributed by atoms with Gasteiger partial charge in [0.25, 0.3) is 0 Å². The van der Waals surface area contributed by atoms with Crippen LogP contribution in [0, 0.1) is 5.92 Å². The Bertz CT molecular complexity index is 935. The first-order chi connectivity index (χ1) is 13.7. The maximum Gasteiger partial charge on any atom is 0.185 e. The van der Waals surface area contributed by atoms with Crippen LogP contribution < -0.4 is 0 Å². The van der Waals surface area contributed by atoms with E-state index in [1.165, 1.54) is 0 Å². The fourth-order valence-corrected chi connectivity index (χ4v) is 7.95. The van der Waals surface area contributed by atoms with E-state index in [0.29, 0.717) is 4.90 Å². The molecule has 1 aliphatic rings. The van der Waals surface area contributed by atoms with Gasteiger partial charge in [0, 0.05) is 16.9 Å². The molecule has 3 rings (SSSR count). The lowest BCUT2D eigenvalue weighted by molar-refractivity contribution is 0.131. The van der Waals surface area contributed by atoms with Crippen molar-refractivity contribution >= 4 is 29.9 Å². The summed E-state index contributed by atoms with van der Waals surface area (Å²) in [6.07, 6.45) is 3.60. The second-order valence-corrected chi connectivity index (χ2v) is 16.3. The molecule has 0 aromatic heterocycles. The Morgan fingerprint density at radius 1 is 0.966 bits per heavy atom. The topological polar surface area (TPSA) is 43.4 Å². The van der Waals surface area contributed by atoms with Crippen LogP contribution in [0.1, 0.15) is 19.8 Å². The average Bonchev–Trinajstić information content (AvgIpc) is 2.82. The quantitative estimate of drug-likeness (QED) is 0.499. The molecule has 0 unspecified atom stereocenters. The number of hydrogen-bond donors (Lipinski definition) is 0. The number of benzene rings is 2. The molecule has 0 heterocycles. The number of sulfone groups is 1. The van der Waals surface area contributed by atoms with Crippen LogP contribution in [0.3, 0.4) is 0 Å². The SMILES string of the molecule is C[C@@H]1[C@H](O[Si](C)(C)C)CCC(Sc2ccccc2)=C[C@@H]1S(=O)(=O)c1ccccc1. The van der Waals surface area contributed by atoms with Crippen LogP contribution in [-0.4, -0.2) is 28.1 Å². The van der Waals surface area contributed by atoms with Gasteiger partial charge in [-0.05, 0) is 61.7 Å². The lowest BCUT2D eigenvalue weighted by atomic mass is 10.00. The first kappa shape index (κ1) is 22.3. The molecule has 0 fully saturated rings. The minimum atomic E-state index is -3.50. The zero-order valence-corrected chi connectivity index (χ0v) is 20.2. The molecule has 0 aliphatic heterocycles. The molecule has 0 N–H and O–H groups in total. The van der Waals surface area contributed by atoms with Gasteiger partial charge in [0.1, 0.15) is 0 Å². The van der Waals surface area contributed by atoms with E-state index in [-0.39, 0.29) is 12.0 Å². The van der Waals surface area contributed by atoms with Gasteiger partial charge in [-0.15, -0.1) is 0 Å². The number of allylic oxidation sites excluding steroid dienone is 1. The van der Waals surface area contributed by atoms with Crippen molar-refractivity contribution in [2.24, 2.45) is 5.92 Å². The molecular formula is C23H30O3S2Si. The zero-order valence-electron chi connectivity index (χ0n) is 17.5. The Morgan fingerprint density at radius 2 is 1.55 bits per heavy atom. The van der Waals surface area contributed by atoms with Crippen molar-refractivity contribution in [3.8, 4) is 0 Å². The largest absolute Gasteiger partial charge is 0.414 e. The molecule has 2 aromatic rings. The Hall–Kier alpha value is -1.34. The van der Waals surface area contributed by atoms with Crippen molar-refractivity contribution in [3.63, 3.8) is 0 Å². The summed E-state index contributed by atoms with van der Waals surface area (Å²) < 4.78 is 33.6. The maximum absolute atomic E-state index is 13.6. The molecule has 0 radical (unpaired) electrons. The van der Waals surface area contributed by atoms with Crippen molar-refractivity contribution in [1.82, 2.24) is 0 Å². The zero-order chi connectivity index (χ0) is 21.1. The number of hydrogen-bond acceptors (Lipinski definition) is 4. The van der Waals surface area contributed by atoms with E-state index in [2.05, 4.69) is 31.8 Å². The minimum absolute atomic E-state index is 0.0599. The molecule has 0 bridgehead atoms. The third-order valence-corrected chi connectivity index (χ3v) is 9.39. The Kier molecular flexibility index (Phi) is 7.09. The van der Waals surface area contributed by atoms with E-state index < -0.39 is 23.4 Å². The molecule has 29 heavy (non-hydrogen) atoms. The first-order valence-corrected chi connectivity index (χ1v) is 15.8. The Morgan fingerprint density at radius 3 is 2.14 bits per heavy atom. The molecule has 6 heteroatoms. The monoisotopic (exact) mass is 446 g/mol. The van der Waals surface area contributed by atoms with Crippen LogP contribution in [0.15, 0.2) is 81.4 Å². The van der Waals surface area contributed by atoms with Crippen molar-refractivity contribution < 1.29 is 12.8 Å². The van der Waals surface area contributed by atoms with Gasteiger partial charge in [0.05, 0.1) is 10.1 Å². The highest BCUT2D eigenvalue weighted by molar-refractivity contribution is 8.03. The summed E-state index contributed by atoms with van der Waals surface area (Å²) in [5, 5.41) is -0.597. The summed E-state index contributed by atoms with van der Waals surface area (Å²) in [4.78, 5) is 2.62. The van der Waals surface area contributed by atoms with Crippen LogP contribution in [0.4, 0.5) is 0 Å². The second kappa shape index (κ2) is 9.21. The summed E-state index contributed by atoms with van der Waals surface area (Å²) in [5.41, 5.74) is 0. The van der Waals surface area contributed by atoms with E-state index >= 15 is 0 Å².